The van der Waals surface area contributed by atoms with Crippen molar-refractivity contribution in [2.45, 2.75) is 31.1 Å². The van der Waals surface area contributed by atoms with Gasteiger partial charge in [-0.3, -0.25) is 0 Å². The summed E-state index contributed by atoms with van der Waals surface area (Å²) in [5, 5.41) is 11.1. The maximum Gasteiger partial charge on any atom is 0.230 e. The van der Waals surface area contributed by atoms with Crippen molar-refractivity contribution in [2.75, 3.05) is 12.8 Å². The number of thioether (sulfide) groups is 1. The highest BCUT2D eigenvalue weighted by molar-refractivity contribution is 8.00. The molecule has 1 aromatic rings. The summed E-state index contributed by atoms with van der Waals surface area (Å²) in [4.78, 5) is 0. The number of nitrogens with zero attached hydrogens (tertiary/aromatic N) is 2. The van der Waals surface area contributed by atoms with Gasteiger partial charge in [0.1, 0.15) is 0 Å². The quantitative estimate of drug-likeness (QED) is 0.800. The smallest absolute Gasteiger partial charge is 0.230 e. The molecule has 1 N–H and O–H groups in total. The summed E-state index contributed by atoms with van der Waals surface area (Å²) in [6, 6.07) is 0. The van der Waals surface area contributed by atoms with Gasteiger partial charge in [0.15, 0.2) is 0 Å². The van der Waals surface area contributed by atoms with Gasteiger partial charge in [-0.1, -0.05) is 0 Å². The molecule has 4 nitrogen and oxygen atoms in total. The minimum absolute atomic E-state index is 0.495. The molecule has 0 bridgehead atoms. The molecule has 1 aliphatic carbocycles. The van der Waals surface area contributed by atoms with Crippen LogP contribution in [0.4, 0.5) is 0 Å². The van der Waals surface area contributed by atoms with E-state index >= 15 is 0 Å². The predicted molar refractivity (Wildman–Crippen MR) is 56.2 cm³/mol. The van der Waals surface area contributed by atoms with Crippen molar-refractivity contribution < 1.29 is 4.42 Å². The standard InChI is InChI=1S/C9H15N3OS/c1-7-11-12-8(13-7)5-10-6-9(14-2)3-4-9/h10H,3-6H2,1-2H3. The fourth-order valence-corrected chi connectivity index (χ4v) is 2.16. The summed E-state index contributed by atoms with van der Waals surface area (Å²) in [7, 11) is 0. The highest BCUT2D eigenvalue weighted by Crippen LogP contribution is 2.46. The van der Waals surface area contributed by atoms with Crippen molar-refractivity contribution in [3.05, 3.63) is 11.8 Å². The van der Waals surface area contributed by atoms with Crippen LogP contribution in [0.5, 0.6) is 0 Å². The second-order valence-corrected chi connectivity index (χ2v) is 4.98. The SMILES string of the molecule is CSC1(CNCc2nnc(C)o2)CC1. The second kappa shape index (κ2) is 3.90. The number of hydrogen-bond acceptors (Lipinski definition) is 5. The molecule has 0 unspecified atom stereocenters. The van der Waals surface area contributed by atoms with Crippen molar-refractivity contribution in [3.8, 4) is 0 Å². The van der Waals surface area contributed by atoms with Gasteiger partial charge < -0.3 is 9.73 Å². The topological polar surface area (TPSA) is 51.0 Å². The van der Waals surface area contributed by atoms with Gasteiger partial charge in [0.05, 0.1) is 6.54 Å². The Labute approximate surface area is 87.9 Å². The third-order valence-corrected chi connectivity index (χ3v) is 3.95. The summed E-state index contributed by atoms with van der Waals surface area (Å²) < 4.78 is 5.76. The van der Waals surface area contributed by atoms with Gasteiger partial charge in [-0.25, -0.2) is 0 Å². The first-order chi connectivity index (χ1) is 6.74. The highest BCUT2D eigenvalue weighted by Gasteiger charge is 2.41. The minimum atomic E-state index is 0.495. The monoisotopic (exact) mass is 213 g/mol. The van der Waals surface area contributed by atoms with Crippen LogP contribution >= 0.6 is 11.8 Å². The van der Waals surface area contributed by atoms with Gasteiger partial charge >= 0.3 is 0 Å². The lowest BCUT2D eigenvalue weighted by Crippen LogP contribution is -2.25. The fourth-order valence-electron chi connectivity index (χ4n) is 1.40. The number of rotatable bonds is 5. The Morgan fingerprint density at radius 1 is 1.50 bits per heavy atom. The Kier molecular flexibility index (Phi) is 2.78. The van der Waals surface area contributed by atoms with Crippen molar-refractivity contribution in [1.29, 1.82) is 0 Å². The highest BCUT2D eigenvalue weighted by atomic mass is 32.2. The van der Waals surface area contributed by atoms with Crippen LogP contribution in [0.25, 0.3) is 0 Å². The maximum absolute atomic E-state index is 5.26. The van der Waals surface area contributed by atoms with E-state index in [-0.39, 0.29) is 0 Å². The first kappa shape index (κ1) is 9.98. The van der Waals surface area contributed by atoms with Gasteiger partial charge in [-0.05, 0) is 19.1 Å². The number of aryl methyl sites for hydroxylation is 1. The summed E-state index contributed by atoms with van der Waals surface area (Å²) >= 11 is 1.95. The Morgan fingerprint density at radius 3 is 2.79 bits per heavy atom. The first-order valence-corrected chi connectivity index (χ1v) is 6.01. The van der Waals surface area contributed by atoms with E-state index in [9.17, 15) is 0 Å². The van der Waals surface area contributed by atoms with Gasteiger partial charge in [-0.15, -0.1) is 10.2 Å². The molecule has 0 aromatic carbocycles. The van der Waals surface area contributed by atoms with E-state index in [0.717, 1.165) is 6.54 Å². The van der Waals surface area contributed by atoms with Crippen LogP contribution in [-0.2, 0) is 6.54 Å². The predicted octanol–water partition coefficient (Wildman–Crippen LogP) is 1.36. The fraction of sp³-hybridized carbons (Fsp3) is 0.778. The molecular formula is C9H15N3OS. The van der Waals surface area contributed by atoms with Gasteiger partial charge in [0, 0.05) is 18.2 Å². The average Bonchev–Trinajstić information content (AvgIpc) is 2.84. The molecule has 0 radical (unpaired) electrons. The minimum Gasteiger partial charge on any atom is -0.424 e. The molecular weight excluding hydrogens is 198 g/mol. The molecule has 0 atom stereocenters. The van der Waals surface area contributed by atoms with Crippen molar-refractivity contribution >= 4 is 11.8 Å². The molecule has 0 amide bonds. The molecule has 78 valence electrons. The van der Waals surface area contributed by atoms with Crippen LogP contribution in [0.2, 0.25) is 0 Å². The Hall–Kier alpha value is -0.550. The number of hydrogen-bond donors (Lipinski definition) is 1. The third kappa shape index (κ3) is 2.27. The normalized spacial score (nSPS) is 18.4. The third-order valence-electron chi connectivity index (χ3n) is 2.53. The molecule has 0 aliphatic heterocycles. The van der Waals surface area contributed by atoms with Crippen molar-refractivity contribution in [1.82, 2.24) is 15.5 Å². The van der Waals surface area contributed by atoms with Crippen LogP contribution in [0.15, 0.2) is 4.42 Å². The van der Waals surface area contributed by atoms with E-state index in [1.165, 1.54) is 12.8 Å². The summed E-state index contributed by atoms with van der Waals surface area (Å²) in [6.45, 7) is 3.53. The number of aromatic nitrogens is 2. The van der Waals surface area contributed by atoms with E-state index in [0.29, 0.717) is 23.1 Å². The van der Waals surface area contributed by atoms with E-state index in [1.807, 2.05) is 11.8 Å². The Balaban J connectivity index is 1.73. The van der Waals surface area contributed by atoms with Crippen LogP contribution in [0, 0.1) is 6.92 Å². The Morgan fingerprint density at radius 2 is 2.29 bits per heavy atom. The molecule has 1 saturated carbocycles. The summed E-state index contributed by atoms with van der Waals surface area (Å²) in [6.07, 6.45) is 4.82. The molecule has 1 aliphatic rings. The largest absolute Gasteiger partial charge is 0.424 e. The van der Waals surface area contributed by atoms with E-state index in [4.69, 9.17) is 4.42 Å². The summed E-state index contributed by atoms with van der Waals surface area (Å²) in [5.74, 6) is 1.31. The zero-order valence-corrected chi connectivity index (χ0v) is 9.36. The number of nitrogens with one attached hydrogen (secondary N) is 1. The zero-order valence-electron chi connectivity index (χ0n) is 8.54. The molecule has 14 heavy (non-hydrogen) atoms. The van der Waals surface area contributed by atoms with Crippen LogP contribution < -0.4 is 5.32 Å². The lowest BCUT2D eigenvalue weighted by atomic mass is 10.4. The average molecular weight is 213 g/mol. The first-order valence-electron chi connectivity index (χ1n) is 4.79. The molecule has 5 heteroatoms. The van der Waals surface area contributed by atoms with Crippen molar-refractivity contribution in [3.63, 3.8) is 0 Å². The van der Waals surface area contributed by atoms with Gasteiger partial charge in [0.25, 0.3) is 0 Å². The summed E-state index contributed by atoms with van der Waals surface area (Å²) in [5.41, 5.74) is 0. The van der Waals surface area contributed by atoms with E-state index < -0.39 is 0 Å². The van der Waals surface area contributed by atoms with Crippen LogP contribution in [-0.4, -0.2) is 27.7 Å². The lowest BCUT2D eigenvalue weighted by Gasteiger charge is -2.11. The second-order valence-electron chi connectivity index (χ2n) is 3.71. The molecule has 1 heterocycles. The molecule has 2 rings (SSSR count). The van der Waals surface area contributed by atoms with Gasteiger partial charge in [0.2, 0.25) is 11.8 Å². The van der Waals surface area contributed by atoms with Crippen LogP contribution in [0.1, 0.15) is 24.6 Å². The maximum atomic E-state index is 5.26. The van der Waals surface area contributed by atoms with Crippen LogP contribution in [0.3, 0.4) is 0 Å². The molecule has 1 aromatic heterocycles. The van der Waals surface area contributed by atoms with Crippen molar-refractivity contribution in [2.24, 2.45) is 0 Å². The molecule has 0 spiro atoms. The molecule has 1 fully saturated rings. The van der Waals surface area contributed by atoms with Gasteiger partial charge in [-0.2, -0.15) is 11.8 Å². The zero-order chi connectivity index (χ0) is 10.0. The molecule has 0 saturated heterocycles. The van der Waals surface area contributed by atoms with E-state index in [1.54, 1.807) is 6.92 Å². The van der Waals surface area contributed by atoms with E-state index in [2.05, 4.69) is 21.8 Å². The Bertz CT molecular complexity index is 309. The lowest BCUT2D eigenvalue weighted by molar-refractivity contribution is 0.446.